The summed E-state index contributed by atoms with van der Waals surface area (Å²) in [5.41, 5.74) is 1.07. The number of rotatable bonds is 6. The number of hydrogen-bond donors (Lipinski definition) is 1. The van der Waals surface area contributed by atoms with Crippen LogP contribution in [0.4, 0.5) is 5.69 Å². The minimum Gasteiger partial charge on any atom is -0.354 e. The Bertz CT molecular complexity index is 1170. The fraction of sp³-hybridized carbons (Fsp3) is 0.286. The SMILES string of the molecule is Cn1c(-c2ccccn2)nn(CCNC(=O)C2CC(=O)N(c3cccc(Br)c3)C2)c1=O. The fourth-order valence-electron chi connectivity index (χ4n) is 3.56. The predicted octanol–water partition coefficient (Wildman–Crippen LogP) is 1.58. The number of aromatic nitrogens is 4. The zero-order valence-electron chi connectivity index (χ0n) is 16.9. The van der Waals surface area contributed by atoms with Crippen molar-refractivity contribution in [3.63, 3.8) is 0 Å². The molecule has 1 saturated heterocycles. The number of nitrogens with one attached hydrogen (secondary N) is 1. The highest BCUT2D eigenvalue weighted by atomic mass is 79.9. The Kier molecular flexibility index (Phi) is 5.99. The van der Waals surface area contributed by atoms with Crippen LogP contribution in [0, 0.1) is 5.92 Å². The van der Waals surface area contributed by atoms with E-state index in [2.05, 4.69) is 31.3 Å². The van der Waals surface area contributed by atoms with Gasteiger partial charge in [0.1, 0.15) is 5.69 Å². The number of pyridine rings is 1. The average molecular weight is 485 g/mol. The summed E-state index contributed by atoms with van der Waals surface area (Å²) in [6, 6.07) is 12.8. The molecule has 10 heteroatoms. The Hall–Kier alpha value is -3.27. The minimum absolute atomic E-state index is 0.0841. The van der Waals surface area contributed by atoms with E-state index in [0.29, 0.717) is 18.1 Å². The number of nitrogens with zero attached hydrogens (tertiary/aromatic N) is 5. The molecule has 160 valence electrons. The molecule has 9 nitrogen and oxygen atoms in total. The van der Waals surface area contributed by atoms with Crippen molar-refractivity contribution in [3.05, 3.63) is 63.6 Å². The molecule has 1 fully saturated rings. The number of amides is 2. The van der Waals surface area contributed by atoms with Gasteiger partial charge in [0.25, 0.3) is 0 Å². The van der Waals surface area contributed by atoms with Crippen molar-refractivity contribution < 1.29 is 9.59 Å². The third-order valence-corrected chi connectivity index (χ3v) is 5.67. The highest BCUT2D eigenvalue weighted by Crippen LogP contribution is 2.27. The lowest BCUT2D eigenvalue weighted by molar-refractivity contribution is -0.126. The van der Waals surface area contributed by atoms with Gasteiger partial charge in [-0.3, -0.25) is 19.1 Å². The summed E-state index contributed by atoms with van der Waals surface area (Å²) in [6.45, 7) is 0.786. The zero-order valence-corrected chi connectivity index (χ0v) is 18.4. The van der Waals surface area contributed by atoms with Gasteiger partial charge in [0, 0.05) is 42.9 Å². The quantitative estimate of drug-likeness (QED) is 0.572. The van der Waals surface area contributed by atoms with E-state index in [1.807, 2.05) is 30.3 Å². The number of halogens is 1. The third-order valence-electron chi connectivity index (χ3n) is 5.17. The molecule has 1 atom stereocenters. The van der Waals surface area contributed by atoms with E-state index in [0.717, 1.165) is 10.2 Å². The standard InChI is InChI=1S/C21H21BrN6O3/c1-26-19(17-7-2-3-8-23-17)25-28(21(26)31)10-9-24-20(30)14-11-18(29)27(13-14)16-6-4-5-15(22)12-16/h2-8,12,14H,9-11,13H2,1H3,(H,24,30). The molecule has 0 saturated carbocycles. The van der Waals surface area contributed by atoms with Crippen LogP contribution in [-0.4, -0.2) is 44.2 Å². The maximum atomic E-state index is 12.6. The summed E-state index contributed by atoms with van der Waals surface area (Å²) < 4.78 is 3.60. The summed E-state index contributed by atoms with van der Waals surface area (Å²) in [5.74, 6) is -0.266. The van der Waals surface area contributed by atoms with Crippen LogP contribution in [-0.2, 0) is 23.2 Å². The van der Waals surface area contributed by atoms with Gasteiger partial charge in [-0.15, -0.1) is 5.10 Å². The molecule has 2 amide bonds. The average Bonchev–Trinajstić information content (AvgIpc) is 3.29. The van der Waals surface area contributed by atoms with Crippen molar-refractivity contribution in [1.29, 1.82) is 0 Å². The number of anilines is 1. The lowest BCUT2D eigenvalue weighted by Gasteiger charge is -2.17. The molecular weight excluding hydrogens is 464 g/mol. The Morgan fingerprint density at radius 2 is 2.06 bits per heavy atom. The van der Waals surface area contributed by atoms with Crippen LogP contribution >= 0.6 is 15.9 Å². The first-order valence-corrected chi connectivity index (χ1v) is 10.6. The maximum Gasteiger partial charge on any atom is 0.346 e. The van der Waals surface area contributed by atoms with Crippen molar-refractivity contribution in [2.45, 2.75) is 13.0 Å². The van der Waals surface area contributed by atoms with Crippen LogP contribution in [0.15, 0.2) is 57.9 Å². The van der Waals surface area contributed by atoms with E-state index >= 15 is 0 Å². The zero-order chi connectivity index (χ0) is 22.0. The van der Waals surface area contributed by atoms with Crippen molar-refractivity contribution >= 4 is 33.4 Å². The Labute approximate surface area is 186 Å². The highest BCUT2D eigenvalue weighted by molar-refractivity contribution is 9.10. The van der Waals surface area contributed by atoms with Gasteiger partial charge in [-0.05, 0) is 30.3 Å². The van der Waals surface area contributed by atoms with Crippen molar-refractivity contribution in [3.8, 4) is 11.5 Å². The van der Waals surface area contributed by atoms with E-state index in [1.54, 1.807) is 30.3 Å². The van der Waals surface area contributed by atoms with Crippen LogP contribution in [0.5, 0.6) is 0 Å². The first kappa shape index (κ1) is 21.0. The van der Waals surface area contributed by atoms with Gasteiger partial charge in [-0.1, -0.05) is 28.1 Å². The predicted molar refractivity (Wildman–Crippen MR) is 118 cm³/mol. The number of carbonyl (C=O) groups is 2. The highest BCUT2D eigenvalue weighted by Gasteiger charge is 2.35. The number of benzene rings is 1. The summed E-state index contributed by atoms with van der Waals surface area (Å²) in [4.78, 5) is 43.2. The third kappa shape index (κ3) is 4.43. The second-order valence-electron chi connectivity index (χ2n) is 7.28. The summed E-state index contributed by atoms with van der Waals surface area (Å²) in [7, 11) is 1.63. The Morgan fingerprint density at radius 1 is 1.23 bits per heavy atom. The number of hydrogen-bond acceptors (Lipinski definition) is 5. The lowest BCUT2D eigenvalue weighted by Crippen LogP contribution is -2.36. The molecule has 1 N–H and O–H groups in total. The van der Waals surface area contributed by atoms with E-state index in [1.165, 1.54) is 9.25 Å². The summed E-state index contributed by atoms with van der Waals surface area (Å²) in [5, 5.41) is 7.15. The molecule has 1 aromatic carbocycles. The normalized spacial score (nSPS) is 16.0. The molecule has 1 aliphatic heterocycles. The topological polar surface area (TPSA) is 102 Å². The minimum atomic E-state index is -0.434. The molecule has 31 heavy (non-hydrogen) atoms. The van der Waals surface area contributed by atoms with Crippen molar-refractivity contribution in [2.75, 3.05) is 18.0 Å². The molecule has 1 unspecified atom stereocenters. The lowest BCUT2D eigenvalue weighted by atomic mass is 10.1. The number of carbonyl (C=O) groups excluding carboxylic acids is 2. The van der Waals surface area contributed by atoms with Gasteiger partial charge in [-0.25, -0.2) is 9.48 Å². The molecule has 0 bridgehead atoms. The molecule has 3 aromatic rings. The largest absolute Gasteiger partial charge is 0.354 e. The molecule has 2 aromatic heterocycles. The van der Waals surface area contributed by atoms with Crippen molar-refractivity contribution in [2.24, 2.45) is 13.0 Å². The Morgan fingerprint density at radius 3 is 2.81 bits per heavy atom. The van der Waals surface area contributed by atoms with Crippen LogP contribution in [0.25, 0.3) is 11.5 Å². The molecule has 0 aliphatic carbocycles. The van der Waals surface area contributed by atoms with Gasteiger partial charge in [0.15, 0.2) is 5.82 Å². The first-order chi connectivity index (χ1) is 14.9. The van der Waals surface area contributed by atoms with Crippen LogP contribution < -0.4 is 15.9 Å². The van der Waals surface area contributed by atoms with E-state index in [4.69, 9.17) is 0 Å². The van der Waals surface area contributed by atoms with Gasteiger partial charge < -0.3 is 10.2 Å². The molecule has 4 rings (SSSR count). The monoisotopic (exact) mass is 484 g/mol. The molecular formula is C21H21BrN6O3. The Balaban J connectivity index is 1.36. The van der Waals surface area contributed by atoms with Gasteiger partial charge >= 0.3 is 5.69 Å². The summed E-state index contributed by atoms with van der Waals surface area (Å²) >= 11 is 3.40. The smallest absolute Gasteiger partial charge is 0.346 e. The maximum absolute atomic E-state index is 12.6. The first-order valence-electron chi connectivity index (χ1n) is 9.83. The van der Waals surface area contributed by atoms with Crippen LogP contribution in [0.3, 0.4) is 0 Å². The second-order valence-corrected chi connectivity index (χ2v) is 8.20. The van der Waals surface area contributed by atoms with Gasteiger partial charge in [0.2, 0.25) is 11.8 Å². The van der Waals surface area contributed by atoms with Gasteiger partial charge in [0.05, 0.1) is 12.5 Å². The van der Waals surface area contributed by atoms with Gasteiger partial charge in [-0.2, -0.15) is 0 Å². The van der Waals surface area contributed by atoms with E-state index in [-0.39, 0.29) is 37.0 Å². The molecule has 1 aliphatic rings. The molecule has 3 heterocycles. The molecule has 0 spiro atoms. The van der Waals surface area contributed by atoms with E-state index < -0.39 is 5.92 Å². The summed E-state index contributed by atoms with van der Waals surface area (Å²) in [6.07, 6.45) is 1.80. The van der Waals surface area contributed by atoms with Crippen molar-refractivity contribution in [1.82, 2.24) is 24.6 Å². The molecule has 0 radical (unpaired) electrons. The fourth-order valence-corrected chi connectivity index (χ4v) is 3.94. The van der Waals surface area contributed by atoms with Crippen LogP contribution in [0.2, 0.25) is 0 Å². The second kappa shape index (κ2) is 8.84. The van der Waals surface area contributed by atoms with Crippen LogP contribution in [0.1, 0.15) is 6.42 Å². The van der Waals surface area contributed by atoms with E-state index in [9.17, 15) is 14.4 Å².